The molecule has 0 saturated heterocycles. The van der Waals surface area contributed by atoms with Crippen LogP contribution in [0.3, 0.4) is 0 Å². The summed E-state index contributed by atoms with van der Waals surface area (Å²) >= 11 is 0. The summed E-state index contributed by atoms with van der Waals surface area (Å²) in [6.07, 6.45) is 0. The van der Waals surface area contributed by atoms with Crippen LogP contribution in [0.25, 0.3) is 0 Å². The fourth-order valence-electron chi connectivity index (χ4n) is 1.53. The highest BCUT2D eigenvalue weighted by molar-refractivity contribution is 8.04. The zero-order valence-electron chi connectivity index (χ0n) is 10.7. The number of hydrogen-bond donors (Lipinski definition) is 3. The number of nitrogens with two attached hydrogens (primary N) is 2. The molecule has 0 aromatic heterocycles. The summed E-state index contributed by atoms with van der Waals surface area (Å²) in [6, 6.07) is 10.3. The highest BCUT2D eigenvalue weighted by Crippen LogP contribution is 2.16. The summed E-state index contributed by atoms with van der Waals surface area (Å²) in [5.74, 6) is 0. The average Bonchev–Trinajstić information content (AvgIpc) is 2.38. The lowest BCUT2D eigenvalue weighted by molar-refractivity contribution is 0.577. The van der Waals surface area contributed by atoms with Crippen molar-refractivity contribution in [3.8, 4) is 0 Å². The Morgan fingerprint density at radius 2 is 0.905 bits per heavy atom. The zero-order valence-corrected chi connectivity index (χ0v) is 12.4. The van der Waals surface area contributed by atoms with Crippen molar-refractivity contribution in [2.45, 2.75) is 9.79 Å². The Balaban J connectivity index is 2.35. The second-order valence-electron chi connectivity index (χ2n) is 4.23. The molecule has 21 heavy (non-hydrogen) atoms. The highest BCUT2D eigenvalue weighted by Gasteiger charge is 2.24. The first-order chi connectivity index (χ1) is 9.71. The molecular formula is C12H13N3O4S2. The van der Waals surface area contributed by atoms with E-state index < -0.39 is 20.0 Å². The van der Waals surface area contributed by atoms with Gasteiger partial charge in [-0.2, -0.15) is 0 Å². The lowest BCUT2D eigenvalue weighted by Gasteiger charge is -2.08. The van der Waals surface area contributed by atoms with E-state index in [1.54, 1.807) is 4.13 Å². The highest BCUT2D eigenvalue weighted by atomic mass is 32.3. The third-order valence-corrected chi connectivity index (χ3v) is 6.14. The molecule has 2 aromatic carbocycles. The van der Waals surface area contributed by atoms with E-state index in [0.29, 0.717) is 11.4 Å². The van der Waals surface area contributed by atoms with E-state index in [-0.39, 0.29) is 9.79 Å². The van der Waals surface area contributed by atoms with Crippen LogP contribution in [-0.2, 0) is 20.0 Å². The zero-order chi connectivity index (χ0) is 15.7. The molecule has 0 aliphatic rings. The van der Waals surface area contributed by atoms with Gasteiger partial charge in [-0.25, -0.2) is 16.8 Å². The lowest BCUT2D eigenvalue weighted by Crippen LogP contribution is -2.30. The van der Waals surface area contributed by atoms with Crippen LogP contribution in [0, 0.1) is 0 Å². The van der Waals surface area contributed by atoms with E-state index in [2.05, 4.69) is 0 Å². The van der Waals surface area contributed by atoms with Crippen LogP contribution in [0.4, 0.5) is 11.4 Å². The standard InChI is InChI=1S/C12H13N3O4S2/c13-9-1-5-11(6-2-9)20(16,17)15-21(18,19)12-7-3-10(14)4-8-12/h1-8,15H,13-14H2. The van der Waals surface area contributed by atoms with Crippen molar-refractivity contribution >= 4 is 31.4 Å². The van der Waals surface area contributed by atoms with Gasteiger partial charge in [0.15, 0.2) is 0 Å². The molecule has 0 radical (unpaired) electrons. The Morgan fingerprint density at radius 3 is 1.19 bits per heavy atom. The topological polar surface area (TPSA) is 132 Å². The van der Waals surface area contributed by atoms with Crippen molar-refractivity contribution in [3.63, 3.8) is 0 Å². The number of nitrogens with one attached hydrogen (secondary N) is 1. The van der Waals surface area contributed by atoms with Crippen LogP contribution < -0.4 is 15.6 Å². The number of rotatable bonds is 4. The maximum absolute atomic E-state index is 12.0. The maximum atomic E-state index is 12.0. The van der Waals surface area contributed by atoms with E-state index in [1.165, 1.54) is 48.5 Å². The number of hydrogen-bond acceptors (Lipinski definition) is 6. The normalized spacial score (nSPS) is 12.2. The molecule has 0 aliphatic carbocycles. The first-order valence-electron chi connectivity index (χ1n) is 5.70. The summed E-state index contributed by atoms with van der Waals surface area (Å²) in [5, 5.41) is 0. The Kier molecular flexibility index (Phi) is 3.90. The fourth-order valence-corrected chi connectivity index (χ4v) is 4.45. The van der Waals surface area contributed by atoms with E-state index in [0.717, 1.165) is 0 Å². The molecule has 7 nitrogen and oxygen atoms in total. The minimum Gasteiger partial charge on any atom is -0.399 e. The van der Waals surface area contributed by atoms with Gasteiger partial charge in [0, 0.05) is 11.4 Å². The smallest absolute Gasteiger partial charge is 0.253 e. The summed E-state index contributed by atoms with van der Waals surface area (Å²) in [4.78, 5) is -0.397. The summed E-state index contributed by atoms with van der Waals surface area (Å²) in [5.41, 5.74) is 11.7. The quantitative estimate of drug-likeness (QED) is 0.701. The molecule has 112 valence electrons. The fraction of sp³-hybridized carbons (Fsp3) is 0. The van der Waals surface area contributed by atoms with Gasteiger partial charge >= 0.3 is 0 Å². The van der Waals surface area contributed by atoms with Crippen LogP contribution >= 0.6 is 0 Å². The van der Waals surface area contributed by atoms with Crippen molar-refractivity contribution in [2.24, 2.45) is 0 Å². The van der Waals surface area contributed by atoms with Crippen molar-refractivity contribution < 1.29 is 16.8 Å². The molecular weight excluding hydrogens is 314 g/mol. The van der Waals surface area contributed by atoms with Crippen molar-refractivity contribution in [1.82, 2.24) is 4.13 Å². The summed E-state index contributed by atoms with van der Waals surface area (Å²) < 4.78 is 49.8. The molecule has 0 saturated carbocycles. The van der Waals surface area contributed by atoms with E-state index in [4.69, 9.17) is 11.5 Å². The molecule has 0 unspecified atom stereocenters. The second kappa shape index (κ2) is 5.35. The molecule has 0 aliphatic heterocycles. The molecule has 0 amide bonds. The van der Waals surface area contributed by atoms with Crippen molar-refractivity contribution in [1.29, 1.82) is 0 Å². The molecule has 0 atom stereocenters. The van der Waals surface area contributed by atoms with Gasteiger partial charge in [0.05, 0.1) is 9.79 Å². The minimum absolute atomic E-state index is 0.198. The van der Waals surface area contributed by atoms with Gasteiger partial charge in [-0.15, -0.1) is 4.13 Å². The molecule has 5 N–H and O–H groups in total. The van der Waals surface area contributed by atoms with Gasteiger partial charge < -0.3 is 11.5 Å². The Morgan fingerprint density at radius 1 is 0.619 bits per heavy atom. The number of anilines is 2. The molecule has 2 rings (SSSR count). The van der Waals surface area contributed by atoms with E-state index in [1.807, 2.05) is 0 Å². The number of sulfonamides is 2. The van der Waals surface area contributed by atoms with Crippen molar-refractivity contribution in [3.05, 3.63) is 48.5 Å². The van der Waals surface area contributed by atoms with Crippen LogP contribution in [-0.4, -0.2) is 16.8 Å². The Labute approximate surface area is 122 Å². The second-order valence-corrected chi connectivity index (χ2v) is 7.85. The maximum Gasteiger partial charge on any atom is 0.253 e. The predicted octanol–water partition coefficient (Wildman–Crippen LogP) is 0.518. The predicted molar refractivity (Wildman–Crippen MR) is 79.2 cm³/mol. The van der Waals surface area contributed by atoms with Gasteiger partial charge in [-0.1, -0.05) is 0 Å². The van der Waals surface area contributed by atoms with Crippen LogP contribution in [0.15, 0.2) is 58.3 Å². The Bertz CT molecular complexity index is 769. The number of benzene rings is 2. The first-order valence-corrected chi connectivity index (χ1v) is 8.67. The van der Waals surface area contributed by atoms with E-state index in [9.17, 15) is 16.8 Å². The SMILES string of the molecule is Nc1ccc(S(=O)(=O)NS(=O)(=O)c2ccc(N)cc2)cc1. The van der Waals surface area contributed by atoms with Gasteiger partial charge in [-0.3, -0.25) is 0 Å². The Hall–Kier alpha value is -2.10. The summed E-state index contributed by atoms with van der Waals surface area (Å²) in [7, 11) is -8.44. The van der Waals surface area contributed by atoms with Crippen LogP contribution in [0.2, 0.25) is 0 Å². The first kappa shape index (κ1) is 15.3. The molecule has 0 bridgehead atoms. The van der Waals surface area contributed by atoms with E-state index >= 15 is 0 Å². The third kappa shape index (κ3) is 3.51. The van der Waals surface area contributed by atoms with Crippen LogP contribution in [0.5, 0.6) is 0 Å². The minimum atomic E-state index is -4.22. The van der Waals surface area contributed by atoms with Gasteiger partial charge in [0.1, 0.15) is 0 Å². The largest absolute Gasteiger partial charge is 0.399 e. The summed E-state index contributed by atoms with van der Waals surface area (Å²) in [6.45, 7) is 0. The number of nitrogen functional groups attached to an aromatic ring is 2. The van der Waals surface area contributed by atoms with Crippen LogP contribution in [0.1, 0.15) is 0 Å². The monoisotopic (exact) mass is 327 g/mol. The molecule has 2 aromatic rings. The molecule has 0 spiro atoms. The third-order valence-electron chi connectivity index (χ3n) is 2.60. The molecule has 0 fully saturated rings. The van der Waals surface area contributed by atoms with Crippen molar-refractivity contribution in [2.75, 3.05) is 11.5 Å². The van der Waals surface area contributed by atoms with Gasteiger partial charge in [-0.05, 0) is 48.5 Å². The average molecular weight is 327 g/mol. The molecule has 0 heterocycles. The molecule has 9 heteroatoms. The lowest BCUT2D eigenvalue weighted by atomic mass is 10.3. The van der Waals surface area contributed by atoms with Gasteiger partial charge in [0.25, 0.3) is 20.0 Å². The van der Waals surface area contributed by atoms with Gasteiger partial charge in [0.2, 0.25) is 0 Å².